The molecule has 0 atom stereocenters. The summed E-state index contributed by atoms with van der Waals surface area (Å²) in [7, 11) is 0. The van der Waals surface area contributed by atoms with Crippen LogP contribution in [0.2, 0.25) is 0 Å². The van der Waals surface area contributed by atoms with Gasteiger partial charge in [-0.15, -0.1) is 0 Å². The Hall–Kier alpha value is -2.49. The molecule has 0 aliphatic rings. The molecular formula is C14H13N3O. The van der Waals surface area contributed by atoms with Crippen LogP contribution in [0.3, 0.4) is 0 Å². The number of rotatable bonds is 2. The molecule has 0 spiro atoms. The molecule has 0 radical (unpaired) electrons. The molecule has 0 fully saturated rings. The van der Waals surface area contributed by atoms with Crippen LogP contribution in [0, 0.1) is 6.92 Å². The zero-order valence-corrected chi connectivity index (χ0v) is 10.00. The number of hydrogen-bond donors (Lipinski definition) is 1. The van der Waals surface area contributed by atoms with Gasteiger partial charge in [0.05, 0.1) is 0 Å². The third kappa shape index (κ3) is 1.88. The van der Waals surface area contributed by atoms with Gasteiger partial charge in [0.25, 0.3) is 0 Å². The quantitative estimate of drug-likeness (QED) is 0.699. The molecule has 4 heteroatoms. The minimum atomic E-state index is 0.762. The minimum absolute atomic E-state index is 0.762. The van der Waals surface area contributed by atoms with Crippen LogP contribution in [0.4, 0.5) is 5.69 Å². The number of anilines is 1. The van der Waals surface area contributed by atoms with E-state index in [0.29, 0.717) is 0 Å². The van der Waals surface area contributed by atoms with E-state index < -0.39 is 0 Å². The van der Waals surface area contributed by atoms with Crippen LogP contribution in [0.1, 0.15) is 5.56 Å². The average Bonchev–Trinajstić information content (AvgIpc) is 2.81. The predicted molar refractivity (Wildman–Crippen MR) is 70.9 cm³/mol. The molecule has 0 aliphatic heterocycles. The molecule has 0 amide bonds. The number of nitrogens with two attached hydrogens (primary N) is 1. The zero-order valence-electron chi connectivity index (χ0n) is 10.00. The van der Waals surface area contributed by atoms with E-state index >= 15 is 0 Å². The topological polar surface area (TPSA) is 52.5 Å². The largest absolute Gasteiger partial charge is 0.457 e. The fourth-order valence-corrected chi connectivity index (χ4v) is 1.80. The van der Waals surface area contributed by atoms with Crippen molar-refractivity contribution in [3.63, 3.8) is 0 Å². The molecule has 4 nitrogen and oxygen atoms in total. The zero-order chi connectivity index (χ0) is 12.5. The van der Waals surface area contributed by atoms with Gasteiger partial charge in [0.15, 0.2) is 0 Å². The molecule has 0 saturated carbocycles. The monoisotopic (exact) mass is 239 g/mol. The first-order chi connectivity index (χ1) is 8.72. The Morgan fingerprint density at radius 1 is 1.11 bits per heavy atom. The van der Waals surface area contributed by atoms with Crippen LogP contribution < -0.4 is 10.5 Å². The first-order valence-electron chi connectivity index (χ1n) is 5.69. The molecule has 2 aromatic heterocycles. The number of aryl methyl sites for hydroxylation is 1. The van der Waals surface area contributed by atoms with Gasteiger partial charge in [0, 0.05) is 30.3 Å². The predicted octanol–water partition coefficient (Wildman–Crippen LogP) is 3.02. The Kier molecular flexibility index (Phi) is 2.41. The maximum Gasteiger partial charge on any atom is 0.140 e. The standard InChI is InChI=1S/C14H13N3O/c1-10-8-11(2-3-13(10)15)18-12-4-6-17-7-5-16-14(17)9-12/h2-9H,15H2,1H3. The molecule has 2 heterocycles. The highest BCUT2D eigenvalue weighted by Crippen LogP contribution is 2.25. The number of aromatic nitrogens is 2. The minimum Gasteiger partial charge on any atom is -0.457 e. The smallest absolute Gasteiger partial charge is 0.140 e. The molecule has 0 saturated heterocycles. The van der Waals surface area contributed by atoms with Crippen molar-refractivity contribution < 1.29 is 4.74 Å². The van der Waals surface area contributed by atoms with Gasteiger partial charge in [-0.1, -0.05) is 0 Å². The van der Waals surface area contributed by atoms with Gasteiger partial charge in [0.1, 0.15) is 17.1 Å². The summed E-state index contributed by atoms with van der Waals surface area (Å²) in [5.74, 6) is 1.54. The van der Waals surface area contributed by atoms with E-state index in [1.54, 1.807) is 6.20 Å². The molecule has 0 bridgehead atoms. The molecule has 0 aliphatic carbocycles. The third-order valence-electron chi connectivity index (χ3n) is 2.85. The van der Waals surface area contributed by atoms with Crippen molar-refractivity contribution in [2.45, 2.75) is 6.92 Å². The van der Waals surface area contributed by atoms with Gasteiger partial charge in [-0.3, -0.25) is 0 Å². The van der Waals surface area contributed by atoms with E-state index in [4.69, 9.17) is 10.5 Å². The lowest BCUT2D eigenvalue weighted by Gasteiger charge is -2.08. The van der Waals surface area contributed by atoms with Gasteiger partial charge in [0.2, 0.25) is 0 Å². The molecule has 18 heavy (non-hydrogen) atoms. The first kappa shape index (κ1) is 10.7. The molecule has 3 rings (SSSR count). The van der Waals surface area contributed by atoms with Gasteiger partial charge >= 0.3 is 0 Å². The fraction of sp³-hybridized carbons (Fsp3) is 0.0714. The van der Waals surface area contributed by atoms with Crippen LogP contribution in [-0.2, 0) is 0 Å². The molecule has 2 N–H and O–H groups in total. The highest BCUT2D eigenvalue weighted by atomic mass is 16.5. The summed E-state index contributed by atoms with van der Waals surface area (Å²) in [6, 6.07) is 9.42. The number of ether oxygens (including phenoxy) is 1. The summed E-state index contributed by atoms with van der Waals surface area (Å²) >= 11 is 0. The van der Waals surface area contributed by atoms with Crippen molar-refractivity contribution in [1.29, 1.82) is 0 Å². The van der Waals surface area contributed by atoms with E-state index in [-0.39, 0.29) is 0 Å². The Morgan fingerprint density at radius 2 is 1.94 bits per heavy atom. The number of pyridine rings is 1. The normalized spacial score (nSPS) is 10.7. The van der Waals surface area contributed by atoms with Gasteiger partial charge in [-0.25, -0.2) is 4.98 Å². The lowest BCUT2D eigenvalue weighted by molar-refractivity contribution is 0.482. The van der Waals surface area contributed by atoms with Crippen molar-refractivity contribution >= 4 is 11.3 Å². The number of imidazole rings is 1. The number of hydrogen-bond acceptors (Lipinski definition) is 3. The maximum atomic E-state index is 5.78. The number of nitrogen functional groups attached to an aromatic ring is 1. The van der Waals surface area contributed by atoms with E-state index in [0.717, 1.165) is 28.4 Å². The van der Waals surface area contributed by atoms with Crippen LogP contribution in [0.15, 0.2) is 48.9 Å². The van der Waals surface area contributed by atoms with Crippen molar-refractivity contribution in [3.8, 4) is 11.5 Å². The average molecular weight is 239 g/mol. The number of nitrogens with zero attached hydrogens (tertiary/aromatic N) is 2. The van der Waals surface area contributed by atoms with Gasteiger partial charge < -0.3 is 14.9 Å². The summed E-state index contributed by atoms with van der Waals surface area (Å²) in [5, 5.41) is 0. The lowest BCUT2D eigenvalue weighted by Crippen LogP contribution is -1.91. The van der Waals surface area contributed by atoms with E-state index in [1.807, 2.05) is 54.0 Å². The second kappa shape index (κ2) is 4.07. The van der Waals surface area contributed by atoms with E-state index in [2.05, 4.69) is 4.98 Å². The molecular weight excluding hydrogens is 226 g/mol. The van der Waals surface area contributed by atoms with Crippen LogP contribution in [0.25, 0.3) is 5.65 Å². The number of benzene rings is 1. The Labute approximate surface area is 105 Å². The molecule has 0 unspecified atom stereocenters. The lowest BCUT2D eigenvalue weighted by atomic mass is 10.2. The number of fused-ring (bicyclic) bond motifs is 1. The first-order valence-corrected chi connectivity index (χ1v) is 5.69. The van der Waals surface area contributed by atoms with Crippen LogP contribution in [0.5, 0.6) is 11.5 Å². The second-order valence-electron chi connectivity index (χ2n) is 4.18. The SMILES string of the molecule is Cc1cc(Oc2ccn3ccnc3c2)ccc1N. The van der Waals surface area contributed by atoms with Crippen molar-refractivity contribution in [1.82, 2.24) is 9.38 Å². The maximum absolute atomic E-state index is 5.78. The highest BCUT2D eigenvalue weighted by molar-refractivity contribution is 5.51. The Morgan fingerprint density at radius 3 is 2.78 bits per heavy atom. The van der Waals surface area contributed by atoms with Gasteiger partial charge in [-0.2, -0.15) is 0 Å². The summed E-state index contributed by atoms with van der Waals surface area (Å²) in [4.78, 5) is 4.22. The Balaban J connectivity index is 1.92. The van der Waals surface area contributed by atoms with Crippen LogP contribution in [-0.4, -0.2) is 9.38 Å². The summed E-state index contributed by atoms with van der Waals surface area (Å²) < 4.78 is 7.71. The third-order valence-corrected chi connectivity index (χ3v) is 2.85. The molecule has 1 aromatic carbocycles. The van der Waals surface area contributed by atoms with Crippen molar-refractivity contribution in [2.75, 3.05) is 5.73 Å². The summed E-state index contributed by atoms with van der Waals surface area (Å²) in [5.41, 5.74) is 8.41. The highest BCUT2D eigenvalue weighted by Gasteiger charge is 2.01. The molecule has 90 valence electrons. The van der Waals surface area contributed by atoms with Crippen LogP contribution >= 0.6 is 0 Å². The molecule has 3 aromatic rings. The second-order valence-corrected chi connectivity index (χ2v) is 4.18. The van der Waals surface area contributed by atoms with Crippen molar-refractivity contribution in [2.24, 2.45) is 0 Å². The fourth-order valence-electron chi connectivity index (χ4n) is 1.80. The van der Waals surface area contributed by atoms with E-state index in [9.17, 15) is 0 Å². The van der Waals surface area contributed by atoms with Crippen molar-refractivity contribution in [3.05, 3.63) is 54.5 Å². The van der Waals surface area contributed by atoms with Gasteiger partial charge in [-0.05, 0) is 36.8 Å². The summed E-state index contributed by atoms with van der Waals surface area (Å²) in [6.07, 6.45) is 5.57. The van der Waals surface area contributed by atoms with E-state index in [1.165, 1.54) is 0 Å². The Bertz CT molecular complexity index is 703. The summed E-state index contributed by atoms with van der Waals surface area (Å²) in [6.45, 7) is 1.96.